The lowest BCUT2D eigenvalue weighted by Crippen LogP contribution is -2.25. The number of fused-ring (bicyclic) bond motifs is 1. The van der Waals surface area contributed by atoms with Gasteiger partial charge in [0.1, 0.15) is 5.56 Å². The lowest BCUT2D eigenvalue weighted by Gasteiger charge is -2.06. The van der Waals surface area contributed by atoms with Crippen molar-refractivity contribution in [2.75, 3.05) is 5.32 Å². The van der Waals surface area contributed by atoms with Gasteiger partial charge in [0.15, 0.2) is 10.7 Å². The van der Waals surface area contributed by atoms with E-state index in [-0.39, 0.29) is 11.3 Å². The second-order valence-electron chi connectivity index (χ2n) is 4.62. The highest BCUT2D eigenvalue weighted by Gasteiger charge is 2.14. The Morgan fingerprint density at radius 2 is 2.14 bits per heavy atom. The van der Waals surface area contributed by atoms with E-state index in [2.05, 4.69) is 10.3 Å². The summed E-state index contributed by atoms with van der Waals surface area (Å²) in [5.41, 5.74) is 0.462. The zero-order valence-corrected chi connectivity index (χ0v) is 12.4. The van der Waals surface area contributed by atoms with Gasteiger partial charge < -0.3 is 5.32 Å². The minimum absolute atomic E-state index is 0.0517. The molecule has 1 amide bonds. The van der Waals surface area contributed by atoms with Gasteiger partial charge in [0.25, 0.3) is 11.5 Å². The third-order valence-electron chi connectivity index (χ3n) is 3.11. The number of carbonyl (C=O) groups excluding carboxylic acids is 2. The summed E-state index contributed by atoms with van der Waals surface area (Å²) < 4.78 is 1.32. The van der Waals surface area contributed by atoms with E-state index >= 15 is 0 Å². The van der Waals surface area contributed by atoms with Gasteiger partial charge in [-0.25, -0.2) is 4.98 Å². The van der Waals surface area contributed by atoms with Crippen molar-refractivity contribution in [2.24, 2.45) is 0 Å². The fraction of sp³-hybridized carbons (Fsp3) is 0.0667. The van der Waals surface area contributed by atoms with Crippen LogP contribution in [0.1, 0.15) is 27.6 Å². The van der Waals surface area contributed by atoms with Crippen LogP contribution in [0.5, 0.6) is 0 Å². The number of thiazole rings is 1. The maximum absolute atomic E-state index is 12.2. The van der Waals surface area contributed by atoms with Crippen molar-refractivity contribution in [3.8, 4) is 0 Å². The summed E-state index contributed by atoms with van der Waals surface area (Å²) in [7, 11) is 0. The van der Waals surface area contributed by atoms with Crippen LogP contribution in [0.15, 0.2) is 46.8 Å². The summed E-state index contributed by atoms with van der Waals surface area (Å²) in [6.45, 7) is 1.45. The van der Waals surface area contributed by atoms with E-state index in [1.807, 2.05) is 0 Å². The number of nitrogens with zero attached hydrogens (tertiary/aromatic N) is 2. The summed E-state index contributed by atoms with van der Waals surface area (Å²) in [4.78, 5) is 40.4. The van der Waals surface area contributed by atoms with E-state index in [0.29, 0.717) is 16.2 Å². The minimum atomic E-state index is -0.557. The molecule has 1 aromatic carbocycles. The van der Waals surface area contributed by atoms with Gasteiger partial charge in [-0.1, -0.05) is 12.1 Å². The van der Waals surface area contributed by atoms with E-state index in [1.54, 1.807) is 35.8 Å². The topological polar surface area (TPSA) is 80.5 Å². The number of hydrogen-bond donors (Lipinski definition) is 1. The van der Waals surface area contributed by atoms with Crippen molar-refractivity contribution in [2.45, 2.75) is 6.92 Å². The fourth-order valence-corrected chi connectivity index (χ4v) is 2.67. The van der Waals surface area contributed by atoms with Crippen LogP contribution in [0.3, 0.4) is 0 Å². The molecule has 0 fully saturated rings. The molecule has 3 aromatic rings. The van der Waals surface area contributed by atoms with Crippen LogP contribution in [0.25, 0.3) is 4.96 Å². The minimum Gasteiger partial charge on any atom is -0.322 e. The van der Waals surface area contributed by atoms with Gasteiger partial charge in [-0.3, -0.25) is 18.8 Å². The van der Waals surface area contributed by atoms with Gasteiger partial charge in [0.2, 0.25) is 0 Å². The molecule has 110 valence electrons. The third-order valence-corrected chi connectivity index (χ3v) is 3.89. The number of anilines is 1. The highest BCUT2D eigenvalue weighted by atomic mass is 32.1. The molecule has 6 nitrogen and oxygen atoms in total. The molecule has 0 aliphatic carbocycles. The largest absolute Gasteiger partial charge is 0.322 e. The second kappa shape index (κ2) is 5.53. The number of nitrogens with one attached hydrogen (secondary N) is 1. The molecule has 0 aliphatic rings. The van der Waals surface area contributed by atoms with Crippen LogP contribution >= 0.6 is 11.3 Å². The maximum atomic E-state index is 12.2. The molecule has 0 radical (unpaired) electrons. The first-order valence-corrected chi connectivity index (χ1v) is 7.31. The Bertz CT molecular complexity index is 942. The Labute approximate surface area is 129 Å². The van der Waals surface area contributed by atoms with Crippen LogP contribution in [-0.4, -0.2) is 21.1 Å². The Kier molecular flexibility index (Phi) is 3.56. The molecule has 3 rings (SSSR count). The van der Waals surface area contributed by atoms with Gasteiger partial charge in [0.05, 0.1) is 0 Å². The molecule has 1 N–H and O–H groups in total. The van der Waals surface area contributed by atoms with Crippen molar-refractivity contribution in [3.63, 3.8) is 0 Å². The quantitative estimate of drug-likeness (QED) is 0.752. The van der Waals surface area contributed by atoms with Gasteiger partial charge in [-0.2, -0.15) is 0 Å². The molecule has 2 heterocycles. The Morgan fingerprint density at radius 3 is 2.91 bits per heavy atom. The van der Waals surface area contributed by atoms with Crippen molar-refractivity contribution in [1.29, 1.82) is 0 Å². The van der Waals surface area contributed by atoms with E-state index < -0.39 is 11.5 Å². The number of aromatic nitrogens is 2. The number of hydrogen-bond acceptors (Lipinski definition) is 5. The van der Waals surface area contributed by atoms with Crippen LogP contribution in [-0.2, 0) is 0 Å². The number of benzene rings is 1. The lowest BCUT2D eigenvalue weighted by atomic mass is 10.1. The number of carbonyl (C=O) groups is 2. The maximum Gasteiger partial charge on any atom is 0.271 e. The molecule has 0 atom stereocenters. The summed E-state index contributed by atoms with van der Waals surface area (Å²) >= 11 is 1.31. The Balaban J connectivity index is 1.93. The molecule has 0 spiro atoms. The first-order chi connectivity index (χ1) is 10.6. The van der Waals surface area contributed by atoms with Gasteiger partial charge >= 0.3 is 0 Å². The molecule has 0 bridgehead atoms. The van der Waals surface area contributed by atoms with Crippen molar-refractivity contribution >= 4 is 33.7 Å². The SMILES string of the molecule is CC(=O)c1cccc(NC(=O)c2cnc3sccn3c2=O)c1. The highest BCUT2D eigenvalue weighted by molar-refractivity contribution is 7.15. The van der Waals surface area contributed by atoms with Crippen molar-refractivity contribution < 1.29 is 9.59 Å². The Morgan fingerprint density at radius 1 is 1.32 bits per heavy atom. The fourth-order valence-electron chi connectivity index (χ4n) is 1.99. The first kappa shape index (κ1) is 14.2. The van der Waals surface area contributed by atoms with Crippen molar-refractivity contribution in [1.82, 2.24) is 9.38 Å². The van der Waals surface area contributed by atoms with E-state index in [1.165, 1.54) is 28.9 Å². The zero-order chi connectivity index (χ0) is 15.7. The average Bonchev–Trinajstić information content (AvgIpc) is 2.97. The average molecular weight is 313 g/mol. The number of Topliss-reactive ketones (excluding diaryl/α,β-unsaturated/α-hetero) is 1. The number of ketones is 1. The second-order valence-corrected chi connectivity index (χ2v) is 5.50. The van der Waals surface area contributed by atoms with Gasteiger partial charge in [-0.15, -0.1) is 11.3 Å². The predicted molar refractivity (Wildman–Crippen MR) is 83.7 cm³/mol. The molecule has 0 saturated heterocycles. The van der Waals surface area contributed by atoms with Crippen LogP contribution in [0.2, 0.25) is 0 Å². The van der Waals surface area contributed by atoms with E-state index in [0.717, 1.165) is 0 Å². The smallest absolute Gasteiger partial charge is 0.271 e. The molecule has 7 heteroatoms. The van der Waals surface area contributed by atoms with E-state index in [4.69, 9.17) is 0 Å². The number of amides is 1. The molecule has 0 unspecified atom stereocenters. The van der Waals surface area contributed by atoms with Crippen molar-refractivity contribution in [3.05, 3.63) is 63.5 Å². The predicted octanol–water partition coefficient (Wildman–Crippen LogP) is 2.21. The molecule has 0 aliphatic heterocycles. The Hall–Kier alpha value is -2.80. The third kappa shape index (κ3) is 2.53. The number of rotatable bonds is 3. The molecule has 0 saturated carbocycles. The molecule has 2 aromatic heterocycles. The van der Waals surface area contributed by atoms with Crippen LogP contribution < -0.4 is 10.9 Å². The summed E-state index contributed by atoms with van der Waals surface area (Å²) in [5.74, 6) is -0.656. The van der Waals surface area contributed by atoms with E-state index in [9.17, 15) is 14.4 Å². The monoisotopic (exact) mass is 313 g/mol. The standard InChI is InChI=1S/C15H11N3O3S/c1-9(19)10-3-2-4-11(7-10)17-13(20)12-8-16-15-18(14(12)21)5-6-22-15/h2-8H,1H3,(H,17,20). The zero-order valence-electron chi connectivity index (χ0n) is 11.6. The summed E-state index contributed by atoms with van der Waals surface area (Å²) in [5, 5.41) is 4.33. The molecular weight excluding hydrogens is 302 g/mol. The molecular formula is C15H11N3O3S. The first-order valence-electron chi connectivity index (χ1n) is 6.43. The lowest BCUT2D eigenvalue weighted by molar-refractivity contribution is 0.101. The van der Waals surface area contributed by atoms with Gasteiger partial charge in [0, 0.05) is 29.0 Å². The van der Waals surface area contributed by atoms with Crippen LogP contribution in [0.4, 0.5) is 5.69 Å². The highest BCUT2D eigenvalue weighted by Crippen LogP contribution is 2.12. The summed E-state index contributed by atoms with van der Waals surface area (Å²) in [6.07, 6.45) is 2.83. The summed E-state index contributed by atoms with van der Waals surface area (Å²) in [6, 6.07) is 6.54. The van der Waals surface area contributed by atoms with Gasteiger partial charge in [-0.05, 0) is 19.1 Å². The van der Waals surface area contributed by atoms with Crippen LogP contribution in [0, 0.1) is 0 Å². The normalized spacial score (nSPS) is 10.6. The molecule has 22 heavy (non-hydrogen) atoms.